The first-order valence-corrected chi connectivity index (χ1v) is 11.9. The van der Waals surface area contributed by atoms with Gasteiger partial charge in [0, 0.05) is 22.3 Å². The Morgan fingerprint density at radius 1 is 0.375 bits per heavy atom. The molecule has 0 aromatic heterocycles. The molecule has 6 N–H and O–H groups in total. The van der Waals surface area contributed by atoms with Crippen molar-refractivity contribution in [1.82, 2.24) is 0 Å². The fourth-order valence-corrected chi connectivity index (χ4v) is 5.52. The van der Waals surface area contributed by atoms with Crippen LogP contribution in [0.15, 0.2) is 36.4 Å². The normalized spacial score (nSPS) is 13.6. The fraction of sp³-hybridized carbons (Fsp3) is 0.0667. The van der Waals surface area contributed by atoms with Crippen LogP contribution >= 0.6 is 0 Å². The monoisotopic (exact) mass is 538 g/mol. The largest absolute Gasteiger partial charge is 0.507 e. The highest BCUT2D eigenvalue weighted by Crippen LogP contribution is 2.51. The molecular weight excluding hydrogens is 520 g/mol. The number of carbonyl (C=O) groups excluding carboxylic acids is 4. The van der Waals surface area contributed by atoms with Crippen molar-refractivity contribution in [3.8, 4) is 45.6 Å². The summed E-state index contributed by atoms with van der Waals surface area (Å²) in [6.45, 7) is 3.15. The highest BCUT2D eigenvalue weighted by molar-refractivity contribution is 6.33. The third-order valence-corrected chi connectivity index (χ3v) is 7.22. The van der Waals surface area contributed by atoms with Gasteiger partial charge in [-0.1, -0.05) is 0 Å². The zero-order valence-corrected chi connectivity index (χ0v) is 20.8. The Bertz CT molecular complexity index is 1810. The Hall–Kier alpha value is -5.64. The summed E-state index contributed by atoms with van der Waals surface area (Å²) in [6.07, 6.45) is 0. The third-order valence-electron chi connectivity index (χ3n) is 7.22. The predicted molar refractivity (Wildman–Crippen MR) is 138 cm³/mol. The molecule has 0 unspecified atom stereocenters. The van der Waals surface area contributed by atoms with E-state index in [-0.39, 0.29) is 22.3 Å². The second-order valence-electron chi connectivity index (χ2n) is 9.81. The zero-order chi connectivity index (χ0) is 28.9. The molecule has 0 fully saturated rings. The van der Waals surface area contributed by atoms with Crippen molar-refractivity contribution in [3.05, 3.63) is 92.0 Å². The van der Waals surface area contributed by atoms with Crippen LogP contribution in [-0.2, 0) is 0 Å². The van der Waals surface area contributed by atoms with Gasteiger partial charge in [0.25, 0.3) is 0 Å². The van der Waals surface area contributed by atoms with Crippen LogP contribution < -0.4 is 0 Å². The molecule has 4 aromatic rings. The van der Waals surface area contributed by atoms with E-state index in [9.17, 15) is 49.8 Å². The molecule has 2 aliphatic rings. The molecule has 0 bridgehead atoms. The molecule has 0 saturated heterocycles. The Balaban J connectivity index is 1.61. The van der Waals surface area contributed by atoms with E-state index in [1.54, 1.807) is 13.8 Å². The van der Waals surface area contributed by atoms with Gasteiger partial charge in [-0.05, 0) is 61.4 Å². The number of hydrogen-bond donors (Lipinski definition) is 6. The molecule has 0 saturated carbocycles. The maximum Gasteiger partial charge on any atom is 0.202 e. The van der Waals surface area contributed by atoms with Gasteiger partial charge < -0.3 is 30.6 Å². The first kappa shape index (κ1) is 24.7. The molecule has 40 heavy (non-hydrogen) atoms. The van der Waals surface area contributed by atoms with Crippen molar-refractivity contribution in [2.75, 3.05) is 0 Å². The van der Waals surface area contributed by atoms with Crippen molar-refractivity contribution in [1.29, 1.82) is 0 Å². The Labute approximate surface area is 224 Å². The van der Waals surface area contributed by atoms with E-state index in [4.69, 9.17) is 0 Å². The van der Waals surface area contributed by atoms with Gasteiger partial charge in [0.2, 0.25) is 11.6 Å². The maximum absolute atomic E-state index is 13.4. The summed E-state index contributed by atoms with van der Waals surface area (Å²) in [6, 6.07) is 6.92. The Kier molecular flexibility index (Phi) is 4.90. The standard InChI is InChI=1S/C30H18O10/c1-9-3-13-19(15(31)5-9)29(39)21-17(33)7-11(25(35)23(21)27(13)37)12-8-18(34)22-24(26(12)36)28(38)14-4-10(2)6-16(32)20(14)30(22)40/h3-8,31-36H,1-2H3. The second-order valence-corrected chi connectivity index (χ2v) is 9.81. The minimum atomic E-state index is -0.925. The number of phenols is 6. The number of aryl methyl sites for hydroxylation is 2. The fourth-order valence-electron chi connectivity index (χ4n) is 5.52. The van der Waals surface area contributed by atoms with Gasteiger partial charge >= 0.3 is 0 Å². The third kappa shape index (κ3) is 3.04. The Morgan fingerprint density at radius 2 is 0.700 bits per heavy atom. The highest BCUT2D eigenvalue weighted by atomic mass is 16.3. The van der Waals surface area contributed by atoms with Crippen LogP contribution in [0.25, 0.3) is 11.1 Å². The topological polar surface area (TPSA) is 190 Å². The minimum absolute atomic E-state index is 0.216. The van der Waals surface area contributed by atoms with Gasteiger partial charge in [-0.3, -0.25) is 19.2 Å². The van der Waals surface area contributed by atoms with Crippen molar-refractivity contribution in [3.63, 3.8) is 0 Å². The Morgan fingerprint density at radius 3 is 1.05 bits per heavy atom. The lowest BCUT2D eigenvalue weighted by Crippen LogP contribution is -2.22. The SMILES string of the molecule is Cc1cc(O)c2c(c1)C(=O)c1c(O)c(-c3cc(O)c4c(c3O)C(=O)c3cc(C)cc(O)c3C4=O)cc(O)c1C2=O. The first-order valence-electron chi connectivity index (χ1n) is 11.9. The van der Waals surface area contributed by atoms with E-state index in [0.29, 0.717) is 11.1 Å². The van der Waals surface area contributed by atoms with E-state index >= 15 is 0 Å². The number of hydrogen-bond acceptors (Lipinski definition) is 10. The molecule has 0 spiro atoms. The smallest absolute Gasteiger partial charge is 0.202 e. The molecule has 198 valence electrons. The quantitative estimate of drug-likeness (QED) is 0.168. The van der Waals surface area contributed by atoms with E-state index < -0.39 is 91.0 Å². The molecule has 0 aliphatic heterocycles. The summed E-state index contributed by atoms with van der Waals surface area (Å²) >= 11 is 0. The van der Waals surface area contributed by atoms with Crippen LogP contribution in [0.1, 0.15) is 74.8 Å². The molecule has 10 heteroatoms. The number of phenolic OH excluding ortho intramolecular Hbond substituents is 6. The van der Waals surface area contributed by atoms with Crippen LogP contribution in [0.3, 0.4) is 0 Å². The molecule has 2 aliphatic carbocycles. The lowest BCUT2D eigenvalue weighted by molar-refractivity contribution is 0.0971. The molecule has 0 atom stereocenters. The van der Waals surface area contributed by atoms with Crippen LogP contribution in [0.4, 0.5) is 0 Å². The summed E-state index contributed by atoms with van der Waals surface area (Å²) in [5.74, 6) is -7.87. The molecule has 6 rings (SSSR count). The van der Waals surface area contributed by atoms with Gasteiger partial charge in [-0.15, -0.1) is 0 Å². The number of fused-ring (bicyclic) bond motifs is 4. The highest BCUT2D eigenvalue weighted by Gasteiger charge is 2.41. The molecule has 0 heterocycles. The molecule has 0 amide bonds. The van der Waals surface area contributed by atoms with E-state index in [0.717, 1.165) is 12.1 Å². The van der Waals surface area contributed by atoms with Crippen LogP contribution in [0.5, 0.6) is 34.5 Å². The minimum Gasteiger partial charge on any atom is -0.507 e. The molecule has 0 radical (unpaired) electrons. The van der Waals surface area contributed by atoms with Crippen molar-refractivity contribution in [2.45, 2.75) is 13.8 Å². The van der Waals surface area contributed by atoms with E-state index in [2.05, 4.69) is 0 Å². The van der Waals surface area contributed by atoms with Gasteiger partial charge in [0.1, 0.15) is 34.5 Å². The predicted octanol–water partition coefficient (Wildman–Crippen LogP) is 3.75. The molecule has 10 nitrogen and oxygen atoms in total. The molecular formula is C30H18O10. The van der Waals surface area contributed by atoms with Gasteiger partial charge in [-0.25, -0.2) is 0 Å². The van der Waals surface area contributed by atoms with E-state index in [1.165, 1.54) is 24.3 Å². The van der Waals surface area contributed by atoms with Gasteiger partial charge in [-0.2, -0.15) is 0 Å². The lowest BCUT2D eigenvalue weighted by Gasteiger charge is -2.24. The zero-order valence-electron chi connectivity index (χ0n) is 20.8. The van der Waals surface area contributed by atoms with E-state index in [1.807, 2.05) is 0 Å². The molecule has 4 aromatic carbocycles. The number of carbonyl (C=O) groups is 4. The van der Waals surface area contributed by atoms with Gasteiger partial charge in [0.05, 0.1) is 33.4 Å². The average molecular weight is 538 g/mol. The van der Waals surface area contributed by atoms with Crippen molar-refractivity contribution < 1.29 is 49.8 Å². The van der Waals surface area contributed by atoms with Gasteiger partial charge in [0.15, 0.2) is 11.6 Å². The number of benzene rings is 4. The van der Waals surface area contributed by atoms with Crippen LogP contribution in [0.2, 0.25) is 0 Å². The summed E-state index contributed by atoms with van der Waals surface area (Å²) in [4.78, 5) is 53.2. The summed E-state index contributed by atoms with van der Waals surface area (Å²) in [5.41, 5.74) is -3.45. The van der Waals surface area contributed by atoms with Crippen molar-refractivity contribution >= 4 is 23.1 Å². The van der Waals surface area contributed by atoms with Crippen molar-refractivity contribution in [2.24, 2.45) is 0 Å². The lowest BCUT2D eigenvalue weighted by atomic mass is 9.78. The summed E-state index contributed by atoms with van der Waals surface area (Å²) in [5, 5.41) is 64.7. The number of ketones is 4. The average Bonchev–Trinajstić information content (AvgIpc) is 2.87. The summed E-state index contributed by atoms with van der Waals surface area (Å²) in [7, 11) is 0. The van der Waals surface area contributed by atoms with Crippen LogP contribution in [0, 0.1) is 13.8 Å². The number of aromatic hydroxyl groups is 6. The van der Waals surface area contributed by atoms with Crippen LogP contribution in [-0.4, -0.2) is 53.8 Å². The number of rotatable bonds is 1. The summed E-state index contributed by atoms with van der Waals surface area (Å²) < 4.78 is 0. The first-order chi connectivity index (χ1) is 18.8. The second kappa shape index (κ2) is 7.93. The maximum atomic E-state index is 13.4.